The topological polar surface area (TPSA) is 110 Å². The number of methoxy groups -OCH3 is 1. The van der Waals surface area contributed by atoms with Gasteiger partial charge in [0.05, 0.1) is 18.9 Å². The number of phenolic OH excluding ortho intramolecular Hbond substituents is 1. The van der Waals surface area contributed by atoms with Crippen LogP contribution < -0.4 is 4.74 Å². The second-order valence-electron chi connectivity index (χ2n) is 10.2. The summed E-state index contributed by atoms with van der Waals surface area (Å²) in [6.07, 6.45) is 4.43. The highest BCUT2D eigenvalue weighted by Crippen LogP contribution is 2.61. The minimum absolute atomic E-state index is 0.0489. The predicted octanol–water partition coefficient (Wildman–Crippen LogP) is 4.53. The maximum absolute atomic E-state index is 10.8. The van der Waals surface area contributed by atoms with Gasteiger partial charge in [0.2, 0.25) is 0 Å². The number of rotatable bonds is 4. The molecule has 0 amide bonds. The molecule has 3 aliphatic rings. The molecule has 1 aromatic heterocycles. The largest absolute Gasteiger partial charge is 0.504 e. The van der Waals surface area contributed by atoms with Gasteiger partial charge in [-0.25, -0.2) is 4.63 Å². The van der Waals surface area contributed by atoms with E-state index < -0.39 is 0 Å². The summed E-state index contributed by atoms with van der Waals surface area (Å²) < 4.78 is 10.2. The van der Waals surface area contributed by atoms with E-state index in [1.165, 1.54) is 0 Å². The van der Waals surface area contributed by atoms with Gasteiger partial charge < -0.3 is 19.8 Å². The third kappa shape index (κ3) is 3.27. The molecule has 2 fully saturated rings. The second kappa shape index (κ2) is 7.98. The summed E-state index contributed by atoms with van der Waals surface area (Å²) in [4.78, 5) is 5.82. The Balaban J connectivity index is 1.34. The monoisotopic (exact) mass is 463 g/mol. The minimum Gasteiger partial charge on any atom is -0.504 e. The van der Waals surface area contributed by atoms with Crippen LogP contribution in [0.3, 0.4) is 0 Å². The summed E-state index contributed by atoms with van der Waals surface area (Å²) in [7, 11) is 1.58. The van der Waals surface area contributed by atoms with Gasteiger partial charge in [0, 0.05) is 5.56 Å². The van der Waals surface area contributed by atoms with E-state index in [1.807, 2.05) is 24.3 Å². The van der Waals surface area contributed by atoms with Crippen LogP contribution in [0, 0.1) is 17.3 Å². The lowest BCUT2D eigenvalue weighted by Gasteiger charge is -2.50. The summed E-state index contributed by atoms with van der Waals surface area (Å²) in [5, 5.41) is 33.6. The standard InChI is InChI=1S/C26H29N3O5/c1-26-8-7-15-16-12-24(32-2)23(30)11-18(16)21(10-17(15)19(26)4-6-25(26)31)27-33-13-14-3-5-20-22(9-14)29-34-28-20/h3,5,9,11-12,15,17,19,25,30-31H,4,6-8,10,13H2,1-2H3/t15-,17-,19+,25+,26+/m1/s1. The molecule has 6 rings (SSSR count). The van der Waals surface area contributed by atoms with E-state index >= 15 is 0 Å². The fourth-order valence-corrected chi connectivity index (χ4v) is 6.76. The van der Waals surface area contributed by atoms with Gasteiger partial charge >= 0.3 is 0 Å². The van der Waals surface area contributed by atoms with Crippen LogP contribution in [0.4, 0.5) is 0 Å². The number of phenols is 1. The van der Waals surface area contributed by atoms with Crippen molar-refractivity contribution in [3.8, 4) is 11.5 Å². The van der Waals surface area contributed by atoms with Crippen molar-refractivity contribution in [2.24, 2.45) is 22.4 Å². The molecule has 0 radical (unpaired) electrons. The van der Waals surface area contributed by atoms with E-state index in [0.717, 1.165) is 54.5 Å². The maximum Gasteiger partial charge on any atom is 0.160 e. The zero-order valence-electron chi connectivity index (χ0n) is 19.4. The Morgan fingerprint density at radius 2 is 2.00 bits per heavy atom. The average molecular weight is 464 g/mol. The highest BCUT2D eigenvalue weighted by Gasteiger charge is 2.55. The molecule has 1 heterocycles. The van der Waals surface area contributed by atoms with Gasteiger partial charge in [0.15, 0.2) is 11.5 Å². The third-order valence-electron chi connectivity index (χ3n) is 8.60. The smallest absolute Gasteiger partial charge is 0.160 e. The van der Waals surface area contributed by atoms with Crippen LogP contribution >= 0.6 is 0 Å². The molecule has 178 valence electrons. The molecule has 0 bridgehead atoms. The first kappa shape index (κ1) is 21.4. The predicted molar refractivity (Wildman–Crippen MR) is 125 cm³/mol. The van der Waals surface area contributed by atoms with Crippen LogP contribution in [0.15, 0.2) is 40.1 Å². The number of aromatic nitrogens is 2. The van der Waals surface area contributed by atoms with Crippen LogP contribution in [-0.2, 0) is 11.4 Å². The lowest BCUT2D eigenvalue weighted by molar-refractivity contribution is -0.0180. The number of fused-ring (bicyclic) bond motifs is 6. The fraction of sp³-hybridized carbons (Fsp3) is 0.500. The molecule has 34 heavy (non-hydrogen) atoms. The molecular formula is C26H29N3O5. The van der Waals surface area contributed by atoms with Crippen LogP contribution in [0.2, 0.25) is 0 Å². The maximum atomic E-state index is 10.8. The van der Waals surface area contributed by atoms with Gasteiger partial charge in [-0.05, 0) is 101 Å². The van der Waals surface area contributed by atoms with Gasteiger partial charge in [0.25, 0.3) is 0 Å². The number of ether oxygens (including phenoxy) is 1. The quantitative estimate of drug-likeness (QED) is 0.547. The molecule has 8 nitrogen and oxygen atoms in total. The van der Waals surface area contributed by atoms with Gasteiger partial charge in [-0.15, -0.1) is 0 Å². The Morgan fingerprint density at radius 3 is 2.85 bits per heavy atom. The summed E-state index contributed by atoms with van der Waals surface area (Å²) >= 11 is 0. The van der Waals surface area contributed by atoms with E-state index in [2.05, 4.69) is 22.4 Å². The van der Waals surface area contributed by atoms with Crippen molar-refractivity contribution in [2.75, 3.05) is 7.11 Å². The van der Waals surface area contributed by atoms with E-state index in [0.29, 0.717) is 34.5 Å². The number of aromatic hydroxyl groups is 1. The van der Waals surface area contributed by atoms with E-state index in [1.54, 1.807) is 13.2 Å². The number of hydrogen-bond acceptors (Lipinski definition) is 8. The summed E-state index contributed by atoms with van der Waals surface area (Å²) in [5.41, 5.74) is 5.17. The highest BCUT2D eigenvalue weighted by atomic mass is 16.6. The number of nitrogens with zero attached hydrogens (tertiary/aromatic N) is 3. The Morgan fingerprint density at radius 1 is 1.15 bits per heavy atom. The number of aliphatic hydroxyl groups excluding tert-OH is 1. The first-order valence-electron chi connectivity index (χ1n) is 12.0. The van der Waals surface area contributed by atoms with Gasteiger partial charge in [-0.2, -0.15) is 0 Å². The Kier molecular flexibility index (Phi) is 5.02. The average Bonchev–Trinajstić information content (AvgIpc) is 3.42. The lowest BCUT2D eigenvalue weighted by atomic mass is 9.55. The van der Waals surface area contributed by atoms with Crippen molar-refractivity contribution < 1.29 is 24.4 Å². The Bertz CT molecular complexity index is 1270. The number of hydrogen-bond donors (Lipinski definition) is 2. The van der Waals surface area contributed by atoms with Gasteiger partial charge in [0.1, 0.15) is 17.6 Å². The molecule has 5 atom stereocenters. The molecule has 8 heteroatoms. The van der Waals surface area contributed by atoms with Crippen molar-refractivity contribution in [3.63, 3.8) is 0 Å². The van der Waals surface area contributed by atoms with E-state index in [4.69, 9.17) is 14.2 Å². The zero-order valence-corrected chi connectivity index (χ0v) is 19.4. The molecule has 2 N–H and O–H groups in total. The molecule has 3 aromatic rings. The fourth-order valence-electron chi connectivity index (χ4n) is 6.76. The molecule has 2 saturated carbocycles. The van der Waals surface area contributed by atoms with E-state index in [9.17, 15) is 10.2 Å². The number of benzene rings is 2. The van der Waals surface area contributed by atoms with Crippen LogP contribution in [0.1, 0.15) is 61.6 Å². The molecule has 0 spiro atoms. The summed E-state index contributed by atoms with van der Waals surface area (Å²) in [6.45, 7) is 2.54. The zero-order chi connectivity index (χ0) is 23.4. The van der Waals surface area contributed by atoms with Crippen molar-refractivity contribution in [1.29, 1.82) is 0 Å². The Hall–Kier alpha value is -3.13. The van der Waals surface area contributed by atoms with Crippen LogP contribution in [0.25, 0.3) is 11.0 Å². The second-order valence-corrected chi connectivity index (χ2v) is 10.2. The van der Waals surface area contributed by atoms with Crippen molar-refractivity contribution in [3.05, 3.63) is 47.0 Å². The van der Waals surface area contributed by atoms with Crippen molar-refractivity contribution in [2.45, 2.75) is 57.7 Å². The Labute approximate surface area is 197 Å². The summed E-state index contributed by atoms with van der Waals surface area (Å²) in [5.74, 6) is 1.75. The third-order valence-corrected chi connectivity index (χ3v) is 8.60. The van der Waals surface area contributed by atoms with Gasteiger partial charge in [-0.3, -0.25) is 0 Å². The lowest BCUT2D eigenvalue weighted by Crippen LogP contribution is -2.45. The molecule has 3 aliphatic carbocycles. The molecule has 0 aliphatic heterocycles. The summed E-state index contributed by atoms with van der Waals surface area (Å²) in [6, 6.07) is 9.37. The van der Waals surface area contributed by atoms with Crippen molar-refractivity contribution >= 4 is 16.7 Å². The normalized spacial score (nSPS) is 31.2. The molecular weight excluding hydrogens is 434 g/mol. The SMILES string of the molecule is COc1cc2c(cc1O)C(=NOCc1ccc3nonc3c1)C[C@@H]1[C@@H]2CC[C@]2(C)[C@@H](O)CC[C@@H]12. The molecule has 0 saturated heterocycles. The number of oxime groups is 1. The first-order valence-corrected chi connectivity index (χ1v) is 12.0. The molecule has 2 aromatic carbocycles. The van der Waals surface area contributed by atoms with Crippen molar-refractivity contribution in [1.82, 2.24) is 10.3 Å². The minimum atomic E-state index is -0.244. The molecule has 0 unspecified atom stereocenters. The van der Waals surface area contributed by atoms with Crippen LogP contribution in [0.5, 0.6) is 11.5 Å². The van der Waals surface area contributed by atoms with Gasteiger partial charge in [-0.1, -0.05) is 18.1 Å². The number of aliphatic hydroxyl groups is 1. The van der Waals surface area contributed by atoms with E-state index in [-0.39, 0.29) is 23.9 Å². The highest BCUT2D eigenvalue weighted by molar-refractivity contribution is 6.03. The van der Waals surface area contributed by atoms with Crippen LogP contribution in [-0.4, -0.2) is 39.5 Å². The first-order chi connectivity index (χ1) is 16.5.